The van der Waals surface area contributed by atoms with Gasteiger partial charge in [0.2, 0.25) is 0 Å². The molecule has 0 saturated heterocycles. The molecule has 0 aromatic rings. The maximum absolute atomic E-state index is 11.9. The number of carbonyl (C=O) groups is 3. The fourth-order valence-corrected chi connectivity index (χ4v) is 3.90. The molecule has 27 heavy (non-hydrogen) atoms. The van der Waals surface area contributed by atoms with Crippen LogP contribution in [0.1, 0.15) is 135 Å². The maximum Gasteiger partial charge on any atom is 0.132 e. The predicted octanol–water partition coefficient (Wildman–Crippen LogP) is 6.90. The number of hydrogen-bond acceptors (Lipinski definition) is 3. The maximum atomic E-state index is 11.9. The van der Waals surface area contributed by atoms with Gasteiger partial charge < -0.3 is 0 Å². The average molecular weight is 379 g/mol. The lowest BCUT2D eigenvalue weighted by Gasteiger charge is -2.05. The molecule has 0 heterocycles. The molecule has 1 aliphatic carbocycles. The van der Waals surface area contributed by atoms with Crippen LogP contribution >= 0.6 is 0 Å². The number of carbonyl (C=O) groups excluding carboxylic acids is 3. The Labute approximate surface area is 167 Å². The summed E-state index contributed by atoms with van der Waals surface area (Å²) in [5, 5.41) is 0. The van der Waals surface area contributed by atoms with Gasteiger partial charge in [0.1, 0.15) is 17.3 Å². The van der Waals surface area contributed by atoms with Crippen LogP contribution in [0.3, 0.4) is 0 Å². The van der Waals surface area contributed by atoms with Gasteiger partial charge in [-0.15, -0.1) is 0 Å². The Morgan fingerprint density at radius 1 is 0.259 bits per heavy atom. The fourth-order valence-electron chi connectivity index (χ4n) is 3.90. The van der Waals surface area contributed by atoms with E-state index < -0.39 is 0 Å². The van der Waals surface area contributed by atoms with Gasteiger partial charge in [0, 0.05) is 38.5 Å². The third kappa shape index (κ3) is 15.7. The molecule has 1 saturated carbocycles. The van der Waals surface area contributed by atoms with Gasteiger partial charge in [0.25, 0.3) is 0 Å². The van der Waals surface area contributed by atoms with Crippen molar-refractivity contribution in [3.63, 3.8) is 0 Å². The van der Waals surface area contributed by atoms with Crippen molar-refractivity contribution in [3.05, 3.63) is 0 Å². The molecule has 3 nitrogen and oxygen atoms in total. The van der Waals surface area contributed by atoms with E-state index in [9.17, 15) is 14.4 Å². The first-order valence-corrected chi connectivity index (χ1v) is 11.7. The molecular formula is C24H42O3. The lowest BCUT2D eigenvalue weighted by molar-refractivity contribution is -0.120. The minimum absolute atomic E-state index is 0.399. The van der Waals surface area contributed by atoms with Crippen molar-refractivity contribution in [2.45, 2.75) is 135 Å². The summed E-state index contributed by atoms with van der Waals surface area (Å²) in [5.41, 5.74) is 0. The zero-order chi connectivity index (χ0) is 19.6. The molecule has 156 valence electrons. The largest absolute Gasteiger partial charge is 0.300 e. The summed E-state index contributed by atoms with van der Waals surface area (Å²) in [6.45, 7) is 0. The molecule has 0 radical (unpaired) electrons. The molecule has 3 heteroatoms. The smallest absolute Gasteiger partial charge is 0.132 e. The SMILES string of the molecule is O=C1CCCCCCCCC(=O)CCCCCCC(=O)CCCCCCC1. The molecular weight excluding hydrogens is 336 g/mol. The first-order valence-electron chi connectivity index (χ1n) is 11.7. The molecule has 0 unspecified atom stereocenters. The molecule has 1 rings (SSSR count). The summed E-state index contributed by atoms with van der Waals surface area (Å²) in [7, 11) is 0. The number of Topliss-reactive ketones (excluding diaryl/α,β-unsaturated/α-hetero) is 3. The van der Waals surface area contributed by atoms with Crippen LogP contribution in [0.4, 0.5) is 0 Å². The number of ketones is 3. The van der Waals surface area contributed by atoms with Crippen LogP contribution in [0, 0.1) is 0 Å². The van der Waals surface area contributed by atoms with Gasteiger partial charge in [-0.3, -0.25) is 14.4 Å². The lowest BCUT2D eigenvalue weighted by Crippen LogP contribution is -2.00. The van der Waals surface area contributed by atoms with Crippen LogP contribution < -0.4 is 0 Å². The molecule has 0 aromatic carbocycles. The predicted molar refractivity (Wildman–Crippen MR) is 112 cm³/mol. The molecule has 0 N–H and O–H groups in total. The van der Waals surface area contributed by atoms with Crippen molar-refractivity contribution in [1.82, 2.24) is 0 Å². The van der Waals surface area contributed by atoms with Crippen molar-refractivity contribution in [1.29, 1.82) is 0 Å². The minimum Gasteiger partial charge on any atom is -0.300 e. The molecule has 1 aliphatic rings. The molecule has 0 aromatic heterocycles. The van der Waals surface area contributed by atoms with Gasteiger partial charge in [0.05, 0.1) is 0 Å². The normalized spacial score (nSPS) is 22.9. The summed E-state index contributed by atoms with van der Waals surface area (Å²) in [6, 6.07) is 0. The van der Waals surface area contributed by atoms with Crippen LogP contribution in [-0.4, -0.2) is 17.3 Å². The van der Waals surface area contributed by atoms with Gasteiger partial charge in [-0.05, 0) is 38.5 Å². The van der Waals surface area contributed by atoms with Gasteiger partial charge in [0.15, 0.2) is 0 Å². The van der Waals surface area contributed by atoms with E-state index in [4.69, 9.17) is 0 Å². The summed E-state index contributed by atoms with van der Waals surface area (Å²) in [6.07, 6.45) is 20.6. The molecule has 0 aliphatic heterocycles. The van der Waals surface area contributed by atoms with Crippen molar-refractivity contribution in [2.75, 3.05) is 0 Å². The van der Waals surface area contributed by atoms with E-state index in [0.29, 0.717) is 23.8 Å². The number of rotatable bonds is 0. The summed E-state index contributed by atoms with van der Waals surface area (Å²) in [4.78, 5) is 35.7. The molecule has 0 bridgehead atoms. The van der Waals surface area contributed by atoms with Crippen molar-refractivity contribution in [2.24, 2.45) is 0 Å². The zero-order valence-electron chi connectivity index (χ0n) is 17.6. The highest BCUT2D eigenvalue weighted by atomic mass is 16.1. The third-order valence-corrected chi connectivity index (χ3v) is 5.73. The second-order valence-electron chi connectivity index (χ2n) is 8.42. The molecule has 0 spiro atoms. The van der Waals surface area contributed by atoms with E-state index in [0.717, 1.165) is 116 Å². The fraction of sp³-hybridized carbons (Fsp3) is 0.875. The van der Waals surface area contributed by atoms with E-state index in [1.807, 2.05) is 0 Å². The topological polar surface area (TPSA) is 51.2 Å². The van der Waals surface area contributed by atoms with E-state index in [-0.39, 0.29) is 0 Å². The van der Waals surface area contributed by atoms with Crippen LogP contribution in [0.15, 0.2) is 0 Å². The average Bonchev–Trinajstić information content (AvgIpc) is 2.65. The van der Waals surface area contributed by atoms with Crippen LogP contribution in [0.25, 0.3) is 0 Å². The van der Waals surface area contributed by atoms with Gasteiger partial charge in [-0.25, -0.2) is 0 Å². The van der Waals surface area contributed by atoms with E-state index in [1.165, 1.54) is 12.8 Å². The highest BCUT2D eigenvalue weighted by molar-refractivity contribution is 5.79. The van der Waals surface area contributed by atoms with Crippen molar-refractivity contribution >= 4 is 17.3 Å². The Hall–Kier alpha value is -0.990. The Morgan fingerprint density at radius 2 is 0.407 bits per heavy atom. The standard InChI is InChI=1S/C24H42O3/c25-22-16-10-4-1-2-5-11-17-23(26)20-14-8-9-15-21-24(27)19-13-7-3-6-12-18-22/h1-21H2. The first kappa shape index (κ1) is 24.0. The van der Waals surface area contributed by atoms with Gasteiger partial charge in [-0.2, -0.15) is 0 Å². The third-order valence-electron chi connectivity index (χ3n) is 5.73. The highest BCUT2D eigenvalue weighted by Gasteiger charge is 2.06. The molecule has 0 atom stereocenters. The quantitative estimate of drug-likeness (QED) is 0.460. The second-order valence-corrected chi connectivity index (χ2v) is 8.42. The lowest BCUT2D eigenvalue weighted by atomic mass is 10.0. The van der Waals surface area contributed by atoms with E-state index >= 15 is 0 Å². The summed E-state index contributed by atoms with van der Waals surface area (Å²) >= 11 is 0. The zero-order valence-corrected chi connectivity index (χ0v) is 17.6. The van der Waals surface area contributed by atoms with Crippen molar-refractivity contribution in [3.8, 4) is 0 Å². The minimum atomic E-state index is 0.399. The molecule has 0 amide bonds. The monoisotopic (exact) mass is 378 g/mol. The van der Waals surface area contributed by atoms with Crippen molar-refractivity contribution < 1.29 is 14.4 Å². The first-order chi connectivity index (χ1) is 13.2. The summed E-state index contributed by atoms with van der Waals surface area (Å²) in [5.74, 6) is 1.23. The number of hydrogen-bond donors (Lipinski definition) is 0. The second kappa shape index (κ2) is 17.1. The summed E-state index contributed by atoms with van der Waals surface area (Å²) < 4.78 is 0. The van der Waals surface area contributed by atoms with Crippen LogP contribution in [0.5, 0.6) is 0 Å². The Kier molecular flexibility index (Phi) is 15.3. The van der Waals surface area contributed by atoms with Gasteiger partial charge >= 0.3 is 0 Å². The van der Waals surface area contributed by atoms with Crippen LogP contribution in [0.2, 0.25) is 0 Å². The Bertz CT molecular complexity index is 414. The van der Waals surface area contributed by atoms with Gasteiger partial charge in [-0.1, -0.05) is 57.8 Å². The highest BCUT2D eigenvalue weighted by Crippen LogP contribution is 2.14. The Balaban J connectivity index is 2.22. The van der Waals surface area contributed by atoms with E-state index in [2.05, 4.69) is 0 Å². The van der Waals surface area contributed by atoms with Crippen LogP contribution in [-0.2, 0) is 14.4 Å². The van der Waals surface area contributed by atoms with E-state index in [1.54, 1.807) is 0 Å². The Morgan fingerprint density at radius 3 is 0.593 bits per heavy atom. The molecule has 1 fully saturated rings.